The van der Waals surface area contributed by atoms with E-state index in [0.29, 0.717) is 0 Å². The molecule has 1 rings (SSSR count). The summed E-state index contributed by atoms with van der Waals surface area (Å²) >= 11 is 0. The van der Waals surface area contributed by atoms with Crippen molar-refractivity contribution in [2.75, 3.05) is 6.61 Å². The normalized spacial score (nSPS) is 39.4. The van der Waals surface area contributed by atoms with E-state index in [0.717, 1.165) is 6.42 Å². The summed E-state index contributed by atoms with van der Waals surface area (Å²) in [6, 6.07) is 0.113. The second-order valence-corrected chi connectivity index (χ2v) is 2.65. The lowest BCUT2D eigenvalue weighted by atomic mass is 9.87. The molecule has 0 amide bonds. The van der Waals surface area contributed by atoms with Crippen LogP contribution in [0.15, 0.2) is 0 Å². The van der Waals surface area contributed by atoms with Gasteiger partial charge in [0, 0.05) is 11.9 Å². The zero-order valence-electron chi connectivity index (χ0n) is 6.08. The van der Waals surface area contributed by atoms with Gasteiger partial charge in [-0.25, -0.2) is 0 Å². The molecule has 0 saturated carbocycles. The first-order valence-corrected chi connectivity index (χ1v) is 3.50. The van der Waals surface area contributed by atoms with Crippen LogP contribution in [-0.4, -0.2) is 31.7 Å². The molecule has 1 aliphatic rings. The quantitative estimate of drug-likeness (QED) is 0.371. The molecule has 0 bridgehead atoms. The zero-order valence-corrected chi connectivity index (χ0v) is 6.08. The second kappa shape index (κ2) is 3.09. The van der Waals surface area contributed by atoms with E-state index in [1.54, 1.807) is 0 Å². The first kappa shape index (κ1) is 7.65. The average Bonchev–Trinajstić information content (AvgIpc) is 2.30. The van der Waals surface area contributed by atoms with E-state index in [1.807, 2.05) is 7.85 Å². The van der Waals surface area contributed by atoms with Gasteiger partial charge in [0.25, 0.3) is 0 Å². The molecule has 3 heteroatoms. The third-order valence-electron chi connectivity index (χ3n) is 1.91. The fraction of sp³-hybridized carbons (Fsp3) is 0.714. The van der Waals surface area contributed by atoms with Gasteiger partial charge in [-0.2, -0.15) is 0 Å². The highest BCUT2D eigenvalue weighted by Gasteiger charge is 2.29. The van der Waals surface area contributed by atoms with Crippen molar-refractivity contribution in [3.63, 3.8) is 0 Å². The first-order valence-electron chi connectivity index (χ1n) is 3.50. The van der Waals surface area contributed by atoms with Crippen molar-refractivity contribution in [1.82, 2.24) is 0 Å². The molecule has 1 aliphatic heterocycles. The Hall–Kier alpha value is -0.455. The Balaban J connectivity index is 2.46. The molecule has 0 aliphatic carbocycles. The molecule has 0 radical (unpaired) electrons. The third kappa shape index (κ3) is 1.34. The van der Waals surface area contributed by atoms with Gasteiger partial charge in [0.2, 0.25) is 0 Å². The highest BCUT2D eigenvalue weighted by molar-refractivity contribution is 6.11. The van der Waals surface area contributed by atoms with Crippen LogP contribution in [0.4, 0.5) is 0 Å². The Kier molecular flexibility index (Phi) is 2.36. The fourth-order valence-electron chi connectivity index (χ4n) is 1.25. The molecule has 0 aromatic heterocycles. The Bertz CT molecular complexity index is 152. The van der Waals surface area contributed by atoms with E-state index >= 15 is 0 Å². The number of ether oxygens (including phenoxy) is 1. The predicted molar refractivity (Wildman–Crippen MR) is 41.2 cm³/mol. The van der Waals surface area contributed by atoms with Gasteiger partial charge >= 0.3 is 0 Å². The number of hydrogen-bond acceptors (Lipinski definition) is 2. The minimum absolute atomic E-state index is 0.0314. The van der Waals surface area contributed by atoms with E-state index in [2.05, 4.69) is 5.92 Å². The standard InChI is InChI=1S/C7H11BO2/c1-2-5-3-6(4-9)10-7(5)8/h1,5-7,9H,3-4,8H2/t5-,6-,7+/m0/s1. The van der Waals surface area contributed by atoms with Crippen LogP contribution in [0.3, 0.4) is 0 Å². The van der Waals surface area contributed by atoms with Crippen molar-refractivity contribution in [3.8, 4) is 12.3 Å². The highest BCUT2D eigenvalue weighted by atomic mass is 16.5. The van der Waals surface area contributed by atoms with Crippen molar-refractivity contribution < 1.29 is 9.84 Å². The summed E-state index contributed by atoms with van der Waals surface area (Å²) in [4.78, 5) is 0. The maximum atomic E-state index is 8.70. The van der Waals surface area contributed by atoms with Crippen LogP contribution in [0.25, 0.3) is 0 Å². The molecule has 0 aromatic rings. The van der Waals surface area contributed by atoms with Crippen molar-refractivity contribution in [2.24, 2.45) is 5.92 Å². The number of hydrogen-bond donors (Lipinski definition) is 1. The summed E-state index contributed by atoms with van der Waals surface area (Å²) in [7, 11) is 1.94. The van der Waals surface area contributed by atoms with Crippen molar-refractivity contribution in [3.05, 3.63) is 0 Å². The summed E-state index contributed by atoms with van der Waals surface area (Å²) in [5.74, 6) is 2.83. The van der Waals surface area contributed by atoms with E-state index in [1.165, 1.54) is 0 Å². The molecule has 1 heterocycles. The Labute approximate surface area is 62.0 Å². The van der Waals surface area contributed by atoms with Crippen LogP contribution in [0.1, 0.15) is 6.42 Å². The van der Waals surface area contributed by atoms with Crippen LogP contribution < -0.4 is 0 Å². The number of terminal acetylenes is 1. The van der Waals surface area contributed by atoms with Gasteiger partial charge in [-0.1, -0.05) is 0 Å². The van der Waals surface area contributed by atoms with Gasteiger partial charge in [0.15, 0.2) is 0 Å². The lowest BCUT2D eigenvalue weighted by molar-refractivity contribution is 0.0415. The molecule has 1 N–H and O–H groups in total. The summed E-state index contributed by atoms with van der Waals surface area (Å²) < 4.78 is 5.32. The van der Waals surface area contributed by atoms with Crippen LogP contribution in [0.5, 0.6) is 0 Å². The van der Waals surface area contributed by atoms with Crippen LogP contribution in [0, 0.1) is 18.3 Å². The topological polar surface area (TPSA) is 29.5 Å². The van der Waals surface area contributed by atoms with E-state index < -0.39 is 0 Å². The average molecular weight is 138 g/mol. The van der Waals surface area contributed by atoms with Crippen LogP contribution in [0.2, 0.25) is 0 Å². The Morgan fingerprint density at radius 3 is 2.80 bits per heavy atom. The molecule has 0 aromatic carbocycles. The molecule has 0 spiro atoms. The molecule has 1 fully saturated rings. The van der Waals surface area contributed by atoms with Gasteiger partial charge in [-0.15, -0.1) is 12.3 Å². The van der Waals surface area contributed by atoms with Crippen molar-refractivity contribution in [1.29, 1.82) is 0 Å². The zero-order chi connectivity index (χ0) is 7.56. The van der Waals surface area contributed by atoms with Gasteiger partial charge in [0.1, 0.15) is 7.85 Å². The SMILES string of the molecule is B[C@@H]1O[C@H](CO)C[C@@H]1C#C. The van der Waals surface area contributed by atoms with Crippen molar-refractivity contribution in [2.45, 2.75) is 18.5 Å². The fourth-order valence-corrected chi connectivity index (χ4v) is 1.25. The Morgan fingerprint density at radius 1 is 1.80 bits per heavy atom. The molecule has 54 valence electrons. The van der Waals surface area contributed by atoms with Gasteiger partial charge in [0.05, 0.1) is 12.7 Å². The predicted octanol–water partition coefficient (Wildman–Crippen LogP) is -1.02. The van der Waals surface area contributed by atoms with Gasteiger partial charge in [-0.05, 0) is 6.42 Å². The maximum Gasteiger partial charge on any atom is 0.140 e. The second-order valence-electron chi connectivity index (χ2n) is 2.65. The van der Waals surface area contributed by atoms with Gasteiger partial charge in [-0.3, -0.25) is 0 Å². The monoisotopic (exact) mass is 138 g/mol. The van der Waals surface area contributed by atoms with E-state index in [-0.39, 0.29) is 24.6 Å². The number of aliphatic hydroxyl groups excluding tert-OH is 1. The summed E-state index contributed by atoms with van der Waals surface area (Å²) in [5, 5.41) is 8.70. The number of aliphatic hydroxyl groups is 1. The minimum atomic E-state index is -0.0314. The third-order valence-corrected chi connectivity index (χ3v) is 1.91. The Morgan fingerprint density at radius 2 is 2.50 bits per heavy atom. The van der Waals surface area contributed by atoms with Crippen LogP contribution in [-0.2, 0) is 4.74 Å². The molecule has 10 heavy (non-hydrogen) atoms. The van der Waals surface area contributed by atoms with E-state index in [9.17, 15) is 0 Å². The molecular formula is C7H11BO2. The minimum Gasteiger partial charge on any atom is -0.394 e. The first-order chi connectivity index (χ1) is 4.77. The maximum absolute atomic E-state index is 8.70. The van der Waals surface area contributed by atoms with Crippen LogP contribution >= 0.6 is 0 Å². The smallest absolute Gasteiger partial charge is 0.140 e. The van der Waals surface area contributed by atoms with Crippen molar-refractivity contribution >= 4 is 7.85 Å². The lowest BCUT2D eigenvalue weighted by Crippen LogP contribution is -2.15. The number of rotatable bonds is 1. The summed E-state index contributed by atoms with van der Waals surface area (Å²) in [5.41, 5.74) is 0. The molecule has 3 atom stereocenters. The lowest BCUT2D eigenvalue weighted by Gasteiger charge is -2.06. The molecular weight excluding hydrogens is 127 g/mol. The molecule has 1 saturated heterocycles. The van der Waals surface area contributed by atoms with Gasteiger partial charge < -0.3 is 9.84 Å². The van der Waals surface area contributed by atoms with E-state index in [4.69, 9.17) is 16.3 Å². The highest BCUT2D eigenvalue weighted by Crippen LogP contribution is 2.23. The molecule has 2 nitrogen and oxygen atoms in total. The summed E-state index contributed by atoms with van der Waals surface area (Å²) in [6.45, 7) is 0.0858. The summed E-state index contributed by atoms with van der Waals surface area (Å²) in [6.07, 6.45) is 6.00. The largest absolute Gasteiger partial charge is 0.394 e. The molecule has 0 unspecified atom stereocenters.